The zero-order chi connectivity index (χ0) is 18.7. The van der Waals surface area contributed by atoms with Crippen molar-refractivity contribution < 1.29 is 13.2 Å². The molecular weight excluding hydrogens is 383 g/mol. The monoisotopic (exact) mass is 401 g/mol. The van der Waals surface area contributed by atoms with Crippen molar-refractivity contribution in [3.05, 3.63) is 52.5 Å². The van der Waals surface area contributed by atoms with Crippen LogP contribution in [0.25, 0.3) is 0 Å². The molecule has 0 radical (unpaired) electrons. The summed E-state index contributed by atoms with van der Waals surface area (Å²) in [7, 11) is 0. The third-order valence-corrected chi connectivity index (χ3v) is 5.57. The van der Waals surface area contributed by atoms with E-state index in [1.165, 1.54) is 6.07 Å². The number of piperazine rings is 1. The maximum absolute atomic E-state index is 13.4. The highest BCUT2D eigenvalue weighted by Crippen LogP contribution is 2.38. The first-order chi connectivity index (χ1) is 12.3. The largest absolute Gasteiger partial charge is 0.419 e. The second kappa shape index (κ2) is 8.06. The lowest BCUT2D eigenvalue weighted by Crippen LogP contribution is -2.49. The number of alkyl halides is 3. The van der Waals surface area contributed by atoms with Gasteiger partial charge in [0, 0.05) is 36.5 Å². The normalized spacial score (nSPS) is 18.2. The van der Waals surface area contributed by atoms with Crippen LogP contribution in [0.2, 0.25) is 5.02 Å². The Morgan fingerprint density at radius 2 is 2.04 bits per heavy atom. The maximum Gasteiger partial charge on any atom is 0.419 e. The van der Waals surface area contributed by atoms with Crippen LogP contribution >= 0.6 is 23.4 Å². The van der Waals surface area contributed by atoms with Crippen LogP contribution in [0.15, 0.2) is 41.4 Å². The number of hydrogen-bond acceptors (Lipinski definition) is 4. The van der Waals surface area contributed by atoms with Gasteiger partial charge in [-0.25, -0.2) is 4.98 Å². The van der Waals surface area contributed by atoms with E-state index in [2.05, 4.69) is 10.3 Å². The number of rotatable bonds is 4. The Morgan fingerprint density at radius 1 is 1.27 bits per heavy atom. The van der Waals surface area contributed by atoms with Crippen LogP contribution < -0.4 is 10.2 Å². The number of hydrogen-bond donors (Lipinski definition) is 1. The molecule has 2 heterocycles. The number of halogens is 4. The van der Waals surface area contributed by atoms with Gasteiger partial charge in [0.15, 0.2) is 0 Å². The summed E-state index contributed by atoms with van der Waals surface area (Å²) in [6, 6.07) is 10.0. The van der Waals surface area contributed by atoms with Crippen LogP contribution in [0.4, 0.5) is 19.0 Å². The Kier molecular flexibility index (Phi) is 5.99. The lowest BCUT2D eigenvalue weighted by Gasteiger charge is -2.33. The van der Waals surface area contributed by atoms with E-state index in [1.54, 1.807) is 12.1 Å². The van der Waals surface area contributed by atoms with Gasteiger partial charge in [-0.2, -0.15) is 13.2 Å². The Balaban J connectivity index is 1.87. The van der Waals surface area contributed by atoms with Gasteiger partial charge in [0.05, 0.1) is 5.56 Å². The van der Waals surface area contributed by atoms with Crippen molar-refractivity contribution in [1.29, 1.82) is 0 Å². The molecule has 1 atom stereocenters. The van der Waals surface area contributed by atoms with Crippen molar-refractivity contribution in [2.45, 2.75) is 29.9 Å². The van der Waals surface area contributed by atoms with Crippen LogP contribution in [0, 0.1) is 0 Å². The molecule has 8 heteroatoms. The molecule has 3 rings (SSSR count). The quantitative estimate of drug-likeness (QED) is 0.742. The molecule has 0 amide bonds. The third-order valence-electron chi connectivity index (χ3n) is 4.17. The van der Waals surface area contributed by atoms with E-state index < -0.39 is 11.7 Å². The standard InChI is InChI=1S/C18H19ClF3N3S/c1-12-10-25(9-8-23-12)16-7-6-14(18(20,21)22)17(24-16)26-11-13-4-2-3-5-15(13)19/h2-7,12,23H,8-11H2,1H3/t12-/m0/s1. The van der Waals surface area contributed by atoms with E-state index in [0.717, 1.165) is 36.5 Å². The molecule has 26 heavy (non-hydrogen) atoms. The van der Waals surface area contributed by atoms with Crippen LogP contribution in [0.1, 0.15) is 18.1 Å². The van der Waals surface area contributed by atoms with Gasteiger partial charge < -0.3 is 10.2 Å². The van der Waals surface area contributed by atoms with E-state index >= 15 is 0 Å². The Hall–Kier alpha value is -1.44. The minimum atomic E-state index is -4.44. The minimum Gasteiger partial charge on any atom is -0.354 e. The number of aromatic nitrogens is 1. The predicted octanol–water partition coefficient (Wildman–Crippen LogP) is 4.84. The predicted molar refractivity (Wildman–Crippen MR) is 99.9 cm³/mol. The van der Waals surface area contributed by atoms with Gasteiger partial charge in [-0.05, 0) is 30.7 Å². The maximum atomic E-state index is 13.4. The van der Waals surface area contributed by atoms with Gasteiger partial charge in [0.1, 0.15) is 10.8 Å². The molecule has 3 nitrogen and oxygen atoms in total. The van der Waals surface area contributed by atoms with Crippen molar-refractivity contribution in [3.8, 4) is 0 Å². The van der Waals surface area contributed by atoms with E-state index in [9.17, 15) is 13.2 Å². The van der Waals surface area contributed by atoms with Gasteiger partial charge in [-0.15, -0.1) is 11.8 Å². The Labute approximate surface area is 159 Å². The summed E-state index contributed by atoms with van der Waals surface area (Å²) >= 11 is 7.18. The van der Waals surface area contributed by atoms with Crippen molar-refractivity contribution in [1.82, 2.24) is 10.3 Å². The van der Waals surface area contributed by atoms with Crippen molar-refractivity contribution in [3.63, 3.8) is 0 Å². The summed E-state index contributed by atoms with van der Waals surface area (Å²) in [6.45, 7) is 4.26. The van der Waals surface area contributed by atoms with Gasteiger partial charge in [-0.1, -0.05) is 29.8 Å². The van der Waals surface area contributed by atoms with Crippen molar-refractivity contribution in [2.75, 3.05) is 24.5 Å². The van der Waals surface area contributed by atoms with Gasteiger partial charge in [-0.3, -0.25) is 0 Å². The highest BCUT2D eigenvalue weighted by atomic mass is 35.5. The third kappa shape index (κ3) is 4.64. The molecular formula is C18H19ClF3N3S. The number of thioether (sulfide) groups is 1. The summed E-state index contributed by atoms with van der Waals surface area (Å²) in [5.74, 6) is 0.907. The fourth-order valence-corrected chi connectivity index (χ4v) is 4.16. The highest BCUT2D eigenvalue weighted by Gasteiger charge is 2.35. The molecule has 1 fully saturated rings. The average molecular weight is 402 g/mol. The molecule has 1 aromatic carbocycles. The Morgan fingerprint density at radius 3 is 2.73 bits per heavy atom. The van der Waals surface area contributed by atoms with Crippen LogP contribution in [0.5, 0.6) is 0 Å². The molecule has 1 saturated heterocycles. The summed E-state index contributed by atoms with van der Waals surface area (Å²) < 4.78 is 40.2. The van der Waals surface area contributed by atoms with Crippen molar-refractivity contribution in [2.24, 2.45) is 0 Å². The molecule has 0 spiro atoms. The molecule has 1 aliphatic heterocycles. The Bertz CT molecular complexity index is 770. The molecule has 140 valence electrons. The summed E-state index contributed by atoms with van der Waals surface area (Å²) in [5.41, 5.74) is 0.0803. The average Bonchev–Trinajstić information content (AvgIpc) is 2.60. The first-order valence-corrected chi connectivity index (χ1v) is 9.63. The SMILES string of the molecule is C[C@H]1CN(c2ccc(C(F)(F)F)c(SCc3ccccc3Cl)n2)CCN1. The van der Waals surface area contributed by atoms with Crippen LogP contribution in [0.3, 0.4) is 0 Å². The van der Waals surface area contributed by atoms with E-state index in [1.807, 2.05) is 24.0 Å². The summed E-state index contributed by atoms with van der Waals surface area (Å²) in [6.07, 6.45) is -4.44. The fraction of sp³-hybridized carbons (Fsp3) is 0.389. The molecule has 0 unspecified atom stereocenters. The summed E-state index contributed by atoms with van der Waals surface area (Å²) in [4.78, 5) is 6.35. The number of pyridine rings is 1. The highest BCUT2D eigenvalue weighted by molar-refractivity contribution is 7.98. The smallest absolute Gasteiger partial charge is 0.354 e. The lowest BCUT2D eigenvalue weighted by molar-refractivity contribution is -0.140. The van der Waals surface area contributed by atoms with E-state index in [4.69, 9.17) is 11.6 Å². The molecule has 1 aromatic heterocycles. The first kappa shape index (κ1) is 19.3. The van der Waals surface area contributed by atoms with E-state index in [0.29, 0.717) is 23.1 Å². The number of nitrogens with one attached hydrogen (secondary N) is 1. The molecule has 0 bridgehead atoms. The fourth-order valence-electron chi connectivity index (χ4n) is 2.83. The van der Waals surface area contributed by atoms with Gasteiger partial charge in [0.25, 0.3) is 0 Å². The minimum absolute atomic E-state index is 0.0129. The number of anilines is 1. The summed E-state index contributed by atoms with van der Waals surface area (Å²) in [5, 5.41) is 3.84. The zero-order valence-electron chi connectivity index (χ0n) is 14.2. The van der Waals surface area contributed by atoms with Crippen LogP contribution in [-0.2, 0) is 11.9 Å². The van der Waals surface area contributed by atoms with Crippen LogP contribution in [-0.4, -0.2) is 30.7 Å². The molecule has 1 aliphatic rings. The van der Waals surface area contributed by atoms with E-state index in [-0.39, 0.29) is 11.1 Å². The lowest BCUT2D eigenvalue weighted by atomic mass is 10.2. The van der Waals surface area contributed by atoms with Gasteiger partial charge >= 0.3 is 6.18 Å². The number of benzene rings is 1. The molecule has 0 aliphatic carbocycles. The second-order valence-corrected chi connectivity index (χ2v) is 7.57. The second-order valence-electron chi connectivity index (χ2n) is 6.20. The molecule has 0 saturated carbocycles. The number of nitrogens with zero attached hydrogens (tertiary/aromatic N) is 2. The zero-order valence-corrected chi connectivity index (χ0v) is 15.8. The van der Waals surface area contributed by atoms with Gasteiger partial charge in [0.2, 0.25) is 0 Å². The molecule has 1 N–H and O–H groups in total. The topological polar surface area (TPSA) is 28.2 Å². The van der Waals surface area contributed by atoms with Crippen molar-refractivity contribution >= 4 is 29.2 Å². The molecule has 2 aromatic rings. The first-order valence-electron chi connectivity index (χ1n) is 8.27.